The normalized spacial score (nSPS) is 10.3. The minimum atomic E-state index is -0.227. The maximum atomic E-state index is 13.1. The summed E-state index contributed by atoms with van der Waals surface area (Å²) < 4.78 is 13.1. The molecule has 0 aliphatic heterocycles. The lowest BCUT2D eigenvalue weighted by molar-refractivity contribution is 0.625. The maximum Gasteiger partial charge on any atom is 0.224 e. The van der Waals surface area contributed by atoms with Gasteiger partial charge in [0.25, 0.3) is 0 Å². The third-order valence-corrected chi connectivity index (χ3v) is 3.08. The van der Waals surface area contributed by atoms with Crippen LogP contribution in [0.15, 0.2) is 55.1 Å². The van der Waals surface area contributed by atoms with Gasteiger partial charge < -0.3 is 10.6 Å². The van der Waals surface area contributed by atoms with E-state index in [1.165, 1.54) is 18.5 Å². The van der Waals surface area contributed by atoms with Crippen LogP contribution < -0.4 is 10.6 Å². The van der Waals surface area contributed by atoms with Crippen LogP contribution in [0.4, 0.5) is 22.0 Å². The summed E-state index contributed by atoms with van der Waals surface area (Å²) >= 11 is 0. The Kier molecular flexibility index (Phi) is 4.68. The molecule has 0 atom stereocenters. The van der Waals surface area contributed by atoms with Crippen molar-refractivity contribution in [3.63, 3.8) is 0 Å². The van der Waals surface area contributed by atoms with E-state index in [2.05, 4.69) is 30.6 Å². The average molecular weight is 310 g/mol. The Bertz CT molecular complexity index is 765. The predicted octanol–water partition coefficient (Wildman–Crippen LogP) is 2.80. The van der Waals surface area contributed by atoms with Gasteiger partial charge in [0.15, 0.2) is 0 Å². The molecule has 0 spiro atoms. The van der Waals surface area contributed by atoms with Crippen LogP contribution in [0.5, 0.6) is 0 Å². The summed E-state index contributed by atoms with van der Waals surface area (Å²) in [6.07, 6.45) is 5.45. The van der Waals surface area contributed by atoms with Crippen molar-refractivity contribution in [1.29, 1.82) is 0 Å². The van der Waals surface area contributed by atoms with Gasteiger partial charge in [-0.1, -0.05) is 12.1 Å². The summed E-state index contributed by atoms with van der Waals surface area (Å²) in [7, 11) is 0. The van der Waals surface area contributed by atoms with Gasteiger partial charge >= 0.3 is 0 Å². The van der Waals surface area contributed by atoms with Crippen LogP contribution >= 0.6 is 0 Å². The van der Waals surface area contributed by atoms with E-state index in [4.69, 9.17) is 0 Å². The molecule has 1 aromatic carbocycles. The summed E-state index contributed by atoms with van der Waals surface area (Å²) in [5.74, 6) is 1.56. The smallest absolute Gasteiger partial charge is 0.224 e. The number of benzene rings is 1. The first-order chi connectivity index (χ1) is 11.3. The Balaban J connectivity index is 1.57. The largest absolute Gasteiger partial charge is 0.354 e. The van der Waals surface area contributed by atoms with Crippen molar-refractivity contribution >= 4 is 17.6 Å². The molecule has 0 fully saturated rings. The van der Waals surface area contributed by atoms with Crippen LogP contribution in [0.1, 0.15) is 5.56 Å². The fraction of sp³-hybridized carbons (Fsp3) is 0.125. The van der Waals surface area contributed by atoms with Gasteiger partial charge in [-0.15, -0.1) is 0 Å². The van der Waals surface area contributed by atoms with Crippen molar-refractivity contribution in [2.24, 2.45) is 0 Å². The van der Waals surface area contributed by atoms with Crippen LogP contribution in [-0.2, 0) is 6.42 Å². The van der Waals surface area contributed by atoms with Crippen molar-refractivity contribution in [1.82, 2.24) is 19.9 Å². The SMILES string of the molecule is Fc1cccc(CCNc2nccc(Nc3ccncn3)n2)c1. The molecule has 2 N–H and O–H groups in total. The number of halogens is 1. The third-order valence-electron chi connectivity index (χ3n) is 3.08. The van der Waals surface area contributed by atoms with Gasteiger partial charge in [0, 0.05) is 18.9 Å². The van der Waals surface area contributed by atoms with Crippen molar-refractivity contribution in [2.75, 3.05) is 17.2 Å². The molecule has 0 aliphatic rings. The van der Waals surface area contributed by atoms with Crippen LogP contribution in [0.3, 0.4) is 0 Å². The fourth-order valence-corrected chi connectivity index (χ4v) is 2.02. The first-order valence-corrected chi connectivity index (χ1v) is 7.14. The van der Waals surface area contributed by atoms with Gasteiger partial charge in [-0.3, -0.25) is 0 Å². The van der Waals surface area contributed by atoms with E-state index in [0.29, 0.717) is 30.5 Å². The van der Waals surface area contributed by atoms with Gasteiger partial charge in [0.05, 0.1) is 0 Å². The molecule has 0 radical (unpaired) electrons. The molecule has 2 aromatic heterocycles. The van der Waals surface area contributed by atoms with E-state index in [-0.39, 0.29) is 5.82 Å². The Morgan fingerprint density at radius 2 is 1.91 bits per heavy atom. The first-order valence-electron chi connectivity index (χ1n) is 7.14. The summed E-state index contributed by atoms with van der Waals surface area (Å²) in [6.45, 7) is 0.612. The van der Waals surface area contributed by atoms with E-state index in [1.807, 2.05) is 6.07 Å². The minimum Gasteiger partial charge on any atom is -0.354 e. The number of anilines is 3. The van der Waals surface area contributed by atoms with Crippen molar-refractivity contribution in [3.8, 4) is 0 Å². The number of aromatic nitrogens is 4. The monoisotopic (exact) mass is 310 g/mol. The molecular weight excluding hydrogens is 295 g/mol. The summed E-state index contributed by atoms with van der Waals surface area (Å²) in [4.78, 5) is 16.4. The fourth-order valence-electron chi connectivity index (χ4n) is 2.02. The molecule has 0 amide bonds. The van der Waals surface area contributed by atoms with E-state index in [0.717, 1.165) is 5.56 Å². The molecule has 3 rings (SSSR count). The summed E-state index contributed by atoms with van der Waals surface area (Å²) in [5.41, 5.74) is 0.924. The molecular formula is C16H15FN6. The lowest BCUT2D eigenvalue weighted by Gasteiger charge is -2.08. The predicted molar refractivity (Wildman–Crippen MR) is 85.9 cm³/mol. The van der Waals surface area contributed by atoms with Gasteiger partial charge in [0.2, 0.25) is 5.95 Å². The zero-order chi connectivity index (χ0) is 15.9. The minimum absolute atomic E-state index is 0.227. The van der Waals surface area contributed by atoms with Gasteiger partial charge in [0.1, 0.15) is 23.8 Å². The number of rotatable bonds is 6. The van der Waals surface area contributed by atoms with E-state index in [9.17, 15) is 4.39 Å². The van der Waals surface area contributed by atoms with Crippen molar-refractivity contribution in [2.45, 2.75) is 6.42 Å². The van der Waals surface area contributed by atoms with Gasteiger partial charge in [-0.25, -0.2) is 19.3 Å². The molecule has 0 bridgehead atoms. The number of nitrogens with one attached hydrogen (secondary N) is 2. The summed E-state index contributed by atoms with van der Waals surface area (Å²) in [6, 6.07) is 10.0. The zero-order valence-electron chi connectivity index (χ0n) is 12.3. The third kappa shape index (κ3) is 4.44. The molecule has 0 saturated carbocycles. The second kappa shape index (κ2) is 7.26. The highest BCUT2D eigenvalue weighted by molar-refractivity contribution is 5.51. The van der Waals surface area contributed by atoms with Gasteiger partial charge in [-0.05, 0) is 36.2 Å². The molecule has 0 saturated heterocycles. The zero-order valence-corrected chi connectivity index (χ0v) is 12.3. The highest BCUT2D eigenvalue weighted by Crippen LogP contribution is 2.12. The van der Waals surface area contributed by atoms with Crippen LogP contribution in [-0.4, -0.2) is 26.5 Å². The van der Waals surface area contributed by atoms with Crippen molar-refractivity contribution < 1.29 is 4.39 Å². The number of hydrogen-bond acceptors (Lipinski definition) is 6. The van der Waals surface area contributed by atoms with Crippen LogP contribution in [0.25, 0.3) is 0 Å². The molecule has 6 nitrogen and oxygen atoms in total. The van der Waals surface area contributed by atoms with E-state index < -0.39 is 0 Å². The Hall–Kier alpha value is -3.09. The highest BCUT2D eigenvalue weighted by atomic mass is 19.1. The highest BCUT2D eigenvalue weighted by Gasteiger charge is 2.01. The Labute approximate surface area is 132 Å². The second-order valence-corrected chi connectivity index (χ2v) is 4.79. The quantitative estimate of drug-likeness (QED) is 0.729. The molecule has 7 heteroatoms. The molecule has 23 heavy (non-hydrogen) atoms. The molecule has 0 aliphatic carbocycles. The standard InChI is InChI=1S/C16H15FN6/c17-13-3-1-2-12(10-13)4-8-19-16-20-9-6-15(23-16)22-14-5-7-18-11-21-14/h1-3,5-7,9-11H,4,8H2,(H2,18,19,20,21,22,23). The average Bonchev–Trinajstić information content (AvgIpc) is 2.56. The Morgan fingerprint density at radius 1 is 1.00 bits per heavy atom. The lowest BCUT2D eigenvalue weighted by atomic mass is 10.1. The maximum absolute atomic E-state index is 13.1. The first kappa shape index (κ1) is 14.8. The number of nitrogens with zero attached hydrogens (tertiary/aromatic N) is 4. The molecule has 3 aromatic rings. The van der Waals surface area contributed by atoms with E-state index >= 15 is 0 Å². The molecule has 2 heterocycles. The second-order valence-electron chi connectivity index (χ2n) is 4.79. The number of hydrogen-bond donors (Lipinski definition) is 2. The lowest BCUT2D eigenvalue weighted by Crippen LogP contribution is -2.09. The summed E-state index contributed by atoms with van der Waals surface area (Å²) in [5, 5.41) is 6.19. The topological polar surface area (TPSA) is 75.6 Å². The van der Waals surface area contributed by atoms with Crippen LogP contribution in [0.2, 0.25) is 0 Å². The molecule has 116 valence electrons. The van der Waals surface area contributed by atoms with E-state index in [1.54, 1.807) is 30.6 Å². The molecule has 0 unspecified atom stereocenters. The Morgan fingerprint density at radius 3 is 2.74 bits per heavy atom. The van der Waals surface area contributed by atoms with Crippen LogP contribution in [0, 0.1) is 5.82 Å². The van der Waals surface area contributed by atoms with Crippen molar-refractivity contribution in [3.05, 3.63) is 66.5 Å². The van der Waals surface area contributed by atoms with Gasteiger partial charge in [-0.2, -0.15) is 4.98 Å².